The number of hydrogen-bond acceptors (Lipinski definition) is 4. The molecule has 1 unspecified atom stereocenters. The molecule has 3 aromatic carbocycles. The minimum absolute atomic E-state index is 0.0783. The standard InChI is InChI=1S/C31H32BrNO5/c1-20-5-9-22(10-6-20)30(34)33-15-13-25(14-16-33)38-24-11-7-21(8-12-24)19-37-29-18-23(32)17-28-26(29)3-2-4-27(28)31(35)36/h5-12,17-18,25,27H,2-4,13-16,19H2,1H3,(H,35,36). The van der Waals surface area contributed by atoms with Crippen LogP contribution in [0.5, 0.6) is 11.5 Å². The highest BCUT2D eigenvalue weighted by molar-refractivity contribution is 9.10. The molecule has 0 bridgehead atoms. The Morgan fingerprint density at radius 1 is 1.00 bits per heavy atom. The largest absolute Gasteiger partial charge is 0.490 e. The molecule has 0 aromatic heterocycles. The average molecular weight is 579 g/mol. The fourth-order valence-corrected chi connectivity index (χ4v) is 5.76. The van der Waals surface area contributed by atoms with E-state index in [9.17, 15) is 14.7 Å². The van der Waals surface area contributed by atoms with Gasteiger partial charge in [0, 0.05) is 36.0 Å². The van der Waals surface area contributed by atoms with Crippen molar-refractivity contribution in [3.05, 3.63) is 93.0 Å². The number of halogens is 1. The molecule has 38 heavy (non-hydrogen) atoms. The lowest BCUT2D eigenvalue weighted by molar-refractivity contribution is -0.139. The van der Waals surface area contributed by atoms with E-state index in [0.717, 1.165) is 69.5 Å². The summed E-state index contributed by atoms with van der Waals surface area (Å²) >= 11 is 3.52. The van der Waals surface area contributed by atoms with Crippen molar-refractivity contribution < 1.29 is 24.2 Å². The molecule has 1 N–H and O–H groups in total. The quantitative estimate of drug-likeness (QED) is 0.345. The molecule has 1 atom stereocenters. The first-order valence-corrected chi connectivity index (χ1v) is 14.0. The second kappa shape index (κ2) is 11.6. The lowest BCUT2D eigenvalue weighted by Gasteiger charge is -2.32. The van der Waals surface area contributed by atoms with Crippen LogP contribution in [-0.2, 0) is 17.8 Å². The zero-order valence-electron chi connectivity index (χ0n) is 21.5. The number of carbonyl (C=O) groups excluding carboxylic acids is 1. The van der Waals surface area contributed by atoms with Crippen LogP contribution in [0.2, 0.25) is 0 Å². The fraction of sp³-hybridized carbons (Fsp3) is 0.355. The van der Waals surface area contributed by atoms with Gasteiger partial charge in [0.15, 0.2) is 0 Å². The molecule has 1 amide bonds. The van der Waals surface area contributed by atoms with Crippen LogP contribution >= 0.6 is 15.9 Å². The van der Waals surface area contributed by atoms with Crippen molar-refractivity contribution in [1.29, 1.82) is 0 Å². The Bertz CT molecular complexity index is 1300. The van der Waals surface area contributed by atoms with E-state index >= 15 is 0 Å². The van der Waals surface area contributed by atoms with Gasteiger partial charge >= 0.3 is 5.97 Å². The zero-order valence-corrected chi connectivity index (χ0v) is 23.1. The van der Waals surface area contributed by atoms with Gasteiger partial charge in [0.25, 0.3) is 5.91 Å². The van der Waals surface area contributed by atoms with E-state index in [2.05, 4.69) is 15.9 Å². The molecular weight excluding hydrogens is 546 g/mol. The van der Waals surface area contributed by atoms with Crippen LogP contribution in [0, 0.1) is 6.92 Å². The van der Waals surface area contributed by atoms with Gasteiger partial charge in [-0.3, -0.25) is 9.59 Å². The summed E-state index contributed by atoms with van der Waals surface area (Å²) in [6, 6.07) is 19.5. The van der Waals surface area contributed by atoms with Crippen LogP contribution in [0.25, 0.3) is 0 Å². The van der Waals surface area contributed by atoms with E-state index in [1.165, 1.54) is 0 Å². The Morgan fingerprint density at radius 2 is 1.71 bits per heavy atom. The number of likely N-dealkylation sites (tertiary alicyclic amines) is 1. The molecule has 1 fully saturated rings. The molecule has 0 radical (unpaired) electrons. The van der Waals surface area contributed by atoms with Gasteiger partial charge < -0.3 is 19.5 Å². The van der Waals surface area contributed by atoms with Gasteiger partial charge in [-0.2, -0.15) is 0 Å². The zero-order chi connectivity index (χ0) is 26.6. The predicted octanol–water partition coefficient (Wildman–Crippen LogP) is 6.52. The Labute approximate surface area is 231 Å². The van der Waals surface area contributed by atoms with Gasteiger partial charge in [-0.05, 0) is 79.3 Å². The van der Waals surface area contributed by atoms with Crippen LogP contribution in [0.15, 0.2) is 65.1 Å². The van der Waals surface area contributed by atoms with Gasteiger partial charge in [0.05, 0.1) is 5.92 Å². The number of carbonyl (C=O) groups is 2. The minimum atomic E-state index is -0.783. The van der Waals surface area contributed by atoms with Crippen LogP contribution in [0.4, 0.5) is 0 Å². The third kappa shape index (κ3) is 6.04. The molecule has 0 saturated carbocycles. The second-order valence-electron chi connectivity index (χ2n) is 10.2. The van der Waals surface area contributed by atoms with Gasteiger partial charge in [-0.15, -0.1) is 0 Å². The number of aryl methyl sites for hydroxylation is 1. The summed E-state index contributed by atoms with van der Waals surface area (Å²) < 4.78 is 13.2. The second-order valence-corrected chi connectivity index (χ2v) is 11.1. The Morgan fingerprint density at radius 3 is 2.39 bits per heavy atom. The Kier molecular flexibility index (Phi) is 8.03. The Balaban J connectivity index is 1.14. The van der Waals surface area contributed by atoms with Crippen molar-refractivity contribution >= 4 is 27.8 Å². The number of rotatable bonds is 7. The number of amides is 1. The van der Waals surface area contributed by atoms with E-state index < -0.39 is 11.9 Å². The molecule has 1 aliphatic carbocycles. The fourth-order valence-electron chi connectivity index (χ4n) is 5.31. The van der Waals surface area contributed by atoms with E-state index in [4.69, 9.17) is 9.47 Å². The third-order valence-electron chi connectivity index (χ3n) is 7.45. The summed E-state index contributed by atoms with van der Waals surface area (Å²) in [5, 5.41) is 9.63. The maximum Gasteiger partial charge on any atom is 0.310 e. The number of fused-ring (bicyclic) bond motifs is 1. The number of benzene rings is 3. The van der Waals surface area contributed by atoms with E-state index in [1.54, 1.807) is 0 Å². The molecule has 6 nitrogen and oxygen atoms in total. The summed E-state index contributed by atoms with van der Waals surface area (Å²) in [4.78, 5) is 26.4. The molecule has 2 aliphatic rings. The number of carboxylic acid groups (broad SMARTS) is 1. The number of nitrogens with zero attached hydrogens (tertiary/aromatic N) is 1. The first kappa shape index (κ1) is 26.3. The molecule has 7 heteroatoms. The first-order chi connectivity index (χ1) is 18.4. The van der Waals surface area contributed by atoms with E-state index in [0.29, 0.717) is 26.1 Å². The molecule has 3 aromatic rings. The topological polar surface area (TPSA) is 76.1 Å². The first-order valence-electron chi connectivity index (χ1n) is 13.2. The predicted molar refractivity (Wildman–Crippen MR) is 149 cm³/mol. The number of hydrogen-bond donors (Lipinski definition) is 1. The molecule has 0 spiro atoms. The average Bonchev–Trinajstić information content (AvgIpc) is 2.92. The van der Waals surface area contributed by atoms with E-state index in [-0.39, 0.29) is 12.0 Å². The van der Waals surface area contributed by atoms with Crippen molar-refractivity contribution in [1.82, 2.24) is 4.90 Å². The van der Waals surface area contributed by atoms with Gasteiger partial charge in [0.1, 0.15) is 24.2 Å². The van der Waals surface area contributed by atoms with Crippen LogP contribution in [0.1, 0.15) is 64.2 Å². The molecule has 1 saturated heterocycles. The SMILES string of the molecule is Cc1ccc(C(=O)N2CCC(Oc3ccc(COc4cc(Br)cc5c4CCCC5C(=O)O)cc3)CC2)cc1. The van der Waals surface area contributed by atoms with Crippen molar-refractivity contribution in [2.45, 2.75) is 57.7 Å². The number of piperidine rings is 1. The summed E-state index contributed by atoms with van der Waals surface area (Å²) in [5.74, 6) is 0.364. The summed E-state index contributed by atoms with van der Waals surface area (Å²) in [7, 11) is 0. The molecule has 1 aliphatic heterocycles. The molecule has 198 valence electrons. The van der Waals surface area contributed by atoms with E-state index in [1.807, 2.05) is 72.5 Å². The number of ether oxygens (including phenoxy) is 2. The maximum atomic E-state index is 12.8. The lowest BCUT2D eigenvalue weighted by atomic mass is 9.82. The normalized spacial score (nSPS) is 17.5. The molecule has 5 rings (SSSR count). The van der Waals surface area contributed by atoms with Gasteiger partial charge in [-0.1, -0.05) is 45.8 Å². The monoisotopic (exact) mass is 577 g/mol. The summed E-state index contributed by atoms with van der Waals surface area (Å²) in [6.45, 7) is 3.77. The third-order valence-corrected chi connectivity index (χ3v) is 7.91. The number of aliphatic carboxylic acids is 1. The van der Waals surface area contributed by atoms with Gasteiger partial charge in [0.2, 0.25) is 0 Å². The van der Waals surface area contributed by atoms with Crippen molar-refractivity contribution in [3.8, 4) is 11.5 Å². The smallest absolute Gasteiger partial charge is 0.310 e. The summed E-state index contributed by atoms with van der Waals surface area (Å²) in [6.07, 6.45) is 4.00. The lowest BCUT2D eigenvalue weighted by Crippen LogP contribution is -2.41. The minimum Gasteiger partial charge on any atom is -0.490 e. The van der Waals surface area contributed by atoms with Crippen molar-refractivity contribution in [2.75, 3.05) is 13.1 Å². The highest BCUT2D eigenvalue weighted by Crippen LogP contribution is 2.39. The summed E-state index contributed by atoms with van der Waals surface area (Å²) in [5.41, 5.74) is 4.74. The van der Waals surface area contributed by atoms with Crippen molar-refractivity contribution in [3.63, 3.8) is 0 Å². The van der Waals surface area contributed by atoms with Gasteiger partial charge in [-0.25, -0.2) is 0 Å². The van der Waals surface area contributed by atoms with Crippen LogP contribution in [0.3, 0.4) is 0 Å². The Hall–Kier alpha value is -3.32. The molecular formula is C31H32BrNO5. The molecule has 1 heterocycles. The number of carboxylic acids is 1. The van der Waals surface area contributed by atoms with Crippen molar-refractivity contribution in [2.24, 2.45) is 0 Å². The highest BCUT2D eigenvalue weighted by Gasteiger charge is 2.29. The highest BCUT2D eigenvalue weighted by atomic mass is 79.9. The van der Waals surface area contributed by atoms with Crippen LogP contribution in [-0.4, -0.2) is 41.1 Å². The maximum absolute atomic E-state index is 12.8. The van der Waals surface area contributed by atoms with Crippen LogP contribution < -0.4 is 9.47 Å².